The van der Waals surface area contributed by atoms with Crippen LogP contribution < -0.4 is 16.1 Å². The molecule has 1 aliphatic rings. The normalized spacial score (nSPS) is 13.6. The Morgan fingerprint density at radius 1 is 1.16 bits per heavy atom. The monoisotopic (exact) mass is 403 g/mol. The van der Waals surface area contributed by atoms with Crippen molar-refractivity contribution >= 4 is 38.7 Å². The van der Waals surface area contributed by atoms with Gasteiger partial charge in [0.25, 0.3) is 5.56 Å². The quantitative estimate of drug-likeness (QED) is 0.672. The SMILES string of the molecule is CCCn1c(=O)c2c(nc3n2CCN3c2ccc(Br)cc2)n(C)c1=O. The van der Waals surface area contributed by atoms with Crippen LogP contribution in [0.2, 0.25) is 0 Å². The molecule has 3 heterocycles. The van der Waals surface area contributed by atoms with Gasteiger partial charge in [-0.2, -0.15) is 4.98 Å². The van der Waals surface area contributed by atoms with Crippen molar-refractivity contribution in [3.05, 3.63) is 49.6 Å². The third-order valence-corrected chi connectivity index (χ3v) is 5.12. The number of imidazole rings is 1. The van der Waals surface area contributed by atoms with Crippen LogP contribution in [-0.4, -0.2) is 25.2 Å². The van der Waals surface area contributed by atoms with Crippen molar-refractivity contribution in [3.63, 3.8) is 0 Å². The van der Waals surface area contributed by atoms with E-state index in [0.717, 1.165) is 23.1 Å². The summed E-state index contributed by atoms with van der Waals surface area (Å²) >= 11 is 3.44. The fraction of sp³-hybridized carbons (Fsp3) is 0.353. The lowest BCUT2D eigenvalue weighted by Crippen LogP contribution is -2.39. The molecule has 8 heteroatoms. The molecule has 0 aliphatic carbocycles. The zero-order valence-electron chi connectivity index (χ0n) is 14.1. The zero-order valence-corrected chi connectivity index (χ0v) is 15.7. The zero-order chi connectivity index (χ0) is 17.7. The molecule has 0 spiro atoms. The van der Waals surface area contributed by atoms with Gasteiger partial charge >= 0.3 is 5.69 Å². The minimum atomic E-state index is -0.314. The fourth-order valence-corrected chi connectivity index (χ4v) is 3.63. The summed E-state index contributed by atoms with van der Waals surface area (Å²) in [6, 6.07) is 7.97. The number of hydrogen-bond donors (Lipinski definition) is 0. The first-order valence-corrected chi connectivity index (χ1v) is 9.05. The van der Waals surface area contributed by atoms with Crippen molar-refractivity contribution in [2.24, 2.45) is 7.05 Å². The molecule has 25 heavy (non-hydrogen) atoms. The summed E-state index contributed by atoms with van der Waals surface area (Å²) in [7, 11) is 1.67. The molecule has 0 fully saturated rings. The number of benzene rings is 1. The highest BCUT2D eigenvalue weighted by atomic mass is 79.9. The van der Waals surface area contributed by atoms with Gasteiger partial charge in [0, 0.05) is 36.8 Å². The maximum atomic E-state index is 12.9. The van der Waals surface area contributed by atoms with Gasteiger partial charge in [-0.1, -0.05) is 22.9 Å². The average molecular weight is 404 g/mol. The van der Waals surface area contributed by atoms with Crippen LogP contribution in [0, 0.1) is 0 Å². The maximum absolute atomic E-state index is 12.9. The molecule has 0 atom stereocenters. The number of fused-ring (bicyclic) bond motifs is 3. The second-order valence-electron chi connectivity index (χ2n) is 6.16. The molecule has 7 nitrogen and oxygen atoms in total. The third kappa shape index (κ3) is 2.35. The van der Waals surface area contributed by atoms with Crippen molar-refractivity contribution in [3.8, 4) is 0 Å². The molecule has 130 valence electrons. The van der Waals surface area contributed by atoms with Gasteiger partial charge < -0.3 is 9.47 Å². The summed E-state index contributed by atoms with van der Waals surface area (Å²) in [6.07, 6.45) is 0.729. The van der Waals surface area contributed by atoms with E-state index in [1.165, 1.54) is 9.13 Å². The Kier molecular flexibility index (Phi) is 3.79. The van der Waals surface area contributed by atoms with E-state index in [0.29, 0.717) is 30.2 Å². The largest absolute Gasteiger partial charge is 0.332 e. The van der Waals surface area contributed by atoms with E-state index in [9.17, 15) is 9.59 Å². The molecule has 1 aliphatic heterocycles. The predicted octanol–water partition coefficient (Wildman–Crippen LogP) is 2.22. The van der Waals surface area contributed by atoms with E-state index < -0.39 is 0 Å². The smallest absolute Gasteiger partial charge is 0.310 e. The number of aromatic nitrogens is 4. The molecular weight excluding hydrogens is 386 g/mol. The van der Waals surface area contributed by atoms with Crippen LogP contribution >= 0.6 is 15.9 Å². The van der Waals surface area contributed by atoms with Gasteiger partial charge in [0.2, 0.25) is 5.95 Å². The van der Waals surface area contributed by atoms with E-state index in [-0.39, 0.29) is 11.2 Å². The first-order valence-electron chi connectivity index (χ1n) is 8.26. The molecular formula is C17H18BrN5O2. The number of hydrogen-bond acceptors (Lipinski definition) is 4. The molecule has 0 N–H and O–H groups in total. The Morgan fingerprint density at radius 2 is 1.88 bits per heavy atom. The standard InChI is InChI=1S/C17H18BrN5O2/c1-3-8-23-15(24)13-14(20(2)17(23)25)19-16-21(9-10-22(13)16)12-6-4-11(18)5-7-12/h4-7H,3,8-10H2,1-2H3. The average Bonchev–Trinajstić information content (AvgIpc) is 3.17. The van der Waals surface area contributed by atoms with Crippen LogP contribution in [0.25, 0.3) is 11.2 Å². The summed E-state index contributed by atoms with van der Waals surface area (Å²) in [5.41, 5.74) is 1.39. The van der Waals surface area contributed by atoms with E-state index in [4.69, 9.17) is 0 Å². The van der Waals surface area contributed by atoms with E-state index in [1.54, 1.807) is 7.05 Å². The maximum Gasteiger partial charge on any atom is 0.332 e. The summed E-state index contributed by atoms with van der Waals surface area (Å²) in [5, 5.41) is 0. The number of nitrogens with zero attached hydrogens (tertiary/aromatic N) is 5. The lowest BCUT2D eigenvalue weighted by atomic mass is 10.3. The van der Waals surface area contributed by atoms with Gasteiger partial charge in [0.1, 0.15) is 0 Å². The van der Waals surface area contributed by atoms with E-state index in [1.807, 2.05) is 35.8 Å². The van der Waals surface area contributed by atoms with Crippen molar-refractivity contribution in [1.82, 2.24) is 18.7 Å². The molecule has 0 unspecified atom stereocenters. The van der Waals surface area contributed by atoms with Crippen LogP contribution in [0.4, 0.5) is 11.6 Å². The van der Waals surface area contributed by atoms with Crippen LogP contribution in [0.1, 0.15) is 13.3 Å². The van der Waals surface area contributed by atoms with Crippen LogP contribution in [0.15, 0.2) is 38.3 Å². The first kappa shape index (κ1) is 16.1. The second-order valence-corrected chi connectivity index (χ2v) is 7.08. The number of rotatable bonds is 3. The first-order chi connectivity index (χ1) is 12.0. The minimum absolute atomic E-state index is 0.253. The van der Waals surface area contributed by atoms with Crippen LogP contribution in [0.3, 0.4) is 0 Å². The molecule has 0 bridgehead atoms. The highest BCUT2D eigenvalue weighted by Crippen LogP contribution is 2.32. The molecule has 0 amide bonds. The predicted molar refractivity (Wildman–Crippen MR) is 101 cm³/mol. The summed E-state index contributed by atoms with van der Waals surface area (Å²) in [6.45, 7) is 3.78. The summed E-state index contributed by atoms with van der Waals surface area (Å²) in [5.74, 6) is 0.707. The number of halogens is 1. The molecule has 3 aromatic rings. The Morgan fingerprint density at radius 3 is 2.56 bits per heavy atom. The van der Waals surface area contributed by atoms with Gasteiger partial charge in [-0.3, -0.25) is 13.9 Å². The van der Waals surface area contributed by atoms with Gasteiger partial charge in [0.05, 0.1) is 0 Å². The van der Waals surface area contributed by atoms with Gasteiger partial charge in [-0.25, -0.2) is 4.79 Å². The van der Waals surface area contributed by atoms with Crippen molar-refractivity contribution < 1.29 is 0 Å². The number of anilines is 2. The lowest BCUT2D eigenvalue weighted by molar-refractivity contribution is 0.590. The van der Waals surface area contributed by atoms with E-state index >= 15 is 0 Å². The van der Waals surface area contributed by atoms with Gasteiger partial charge in [-0.15, -0.1) is 0 Å². The Balaban J connectivity index is 1.95. The lowest BCUT2D eigenvalue weighted by Gasteiger charge is -2.15. The van der Waals surface area contributed by atoms with Crippen LogP contribution in [-0.2, 0) is 20.1 Å². The number of aryl methyl sites for hydroxylation is 1. The van der Waals surface area contributed by atoms with Crippen molar-refractivity contribution in [2.75, 3.05) is 11.4 Å². The molecule has 1 aromatic carbocycles. The fourth-order valence-electron chi connectivity index (χ4n) is 3.36. The highest BCUT2D eigenvalue weighted by molar-refractivity contribution is 9.10. The molecule has 4 rings (SSSR count). The van der Waals surface area contributed by atoms with Gasteiger partial charge in [0.15, 0.2) is 11.2 Å². The molecule has 0 saturated carbocycles. The molecule has 0 saturated heterocycles. The Bertz CT molecular complexity index is 1080. The topological polar surface area (TPSA) is 65.1 Å². The summed E-state index contributed by atoms with van der Waals surface area (Å²) in [4.78, 5) is 32.0. The second kappa shape index (κ2) is 5.87. The third-order valence-electron chi connectivity index (χ3n) is 4.59. The van der Waals surface area contributed by atoms with Crippen molar-refractivity contribution in [1.29, 1.82) is 0 Å². The minimum Gasteiger partial charge on any atom is -0.310 e. The van der Waals surface area contributed by atoms with Gasteiger partial charge in [-0.05, 0) is 30.7 Å². The molecule has 0 radical (unpaired) electrons. The van der Waals surface area contributed by atoms with Crippen molar-refractivity contribution in [2.45, 2.75) is 26.4 Å². The van der Waals surface area contributed by atoms with E-state index in [2.05, 4.69) is 25.8 Å². The highest BCUT2D eigenvalue weighted by Gasteiger charge is 2.28. The van der Waals surface area contributed by atoms with Crippen LogP contribution in [0.5, 0.6) is 0 Å². The Hall–Kier alpha value is -2.35. The Labute approximate surface area is 152 Å². The summed E-state index contributed by atoms with van der Waals surface area (Å²) < 4.78 is 5.70. The molecule has 2 aromatic heterocycles.